The summed E-state index contributed by atoms with van der Waals surface area (Å²) in [5.41, 5.74) is 2.10. The van der Waals surface area contributed by atoms with Gasteiger partial charge in [0, 0.05) is 6.42 Å². The second kappa shape index (κ2) is 7.72. The van der Waals surface area contributed by atoms with Crippen LogP contribution in [0.4, 0.5) is 0 Å². The van der Waals surface area contributed by atoms with E-state index in [4.69, 9.17) is 17.0 Å². The molecule has 1 aromatic heterocycles. The summed E-state index contributed by atoms with van der Waals surface area (Å²) in [6.07, 6.45) is 0.673. The topological polar surface area (TPSA) is 42.8 Å². The van der Waals surface area contributed by atoms with Gasteiger partial charge in [0.2, 0.25) is 0 Å². The standard InChI is InChI=1S/C20H17N3OS.ClH/c1-24-18-12-5-4-11-17(18)23-19(21-22-20(23)25)13-15-9-6-8-14-7-2-3-10-16(14)15;/h2-12H,13H2,1H3,(H,22,25);1H. The molecule has 0 bridgehead atoms. The van der Waals surface area contributed by atoms with E-state index in [1.54, 1.807) is 7.11 Å². The highest BCUT2D eigenvalue weighted by atomic mass is 35.5. The van der Waals surface area contributed by atoms with Gasteiger partial charge in [-0.05, 0) is 40.7 Å². The first kappa shape index (κ1) is 18.2. The zero-order chi connectivity index (χ0) is 17.2. The highest BCUT2D eigenvalue weighted by molar-refractivity contribution is 7.71. The Morgan fingerprint density at radius 2 is 1.73 bits per heavy atom. The second-order valence-electron chi connectivity index (χ2n) is 5.77. The molecule has 4 nitrogen and oxygen atoms in total. The molecule has 0 radical (unpaired) electrons. The number of nitrogens with zero attached hydrogens (tertiary/aromatic N) is 2. The van der Waals surface area contributed by atoms with E-state index in [0.717, 1.165) is 17.3 Å². The number of halogens is 1. The molecule has 0 saturated carbocycles. The van der Waals surface area contributed by atoms with E-state index in [9.17, 15) is 0 Å². The van der Waals surface area contributed by atoms with Gasteiger partial charge in [0.1, 0.15) is 11.6 Å². The summed E-state index contributed by atoms with van der Waals surface area (Å²) >= 11 is 5.46. The number of benzene rings is 3. The summed E-state index contributed by atoms with van der Waals surface area (Å²) in [5, 5.41) is 9.82. The highest BCUT2D eigenvalue weighted by Crippen LogP contribution is 2.26. The first-order valence-corrected chi connectivity index (χ1v) is 8.45. The van der Waals surface area contributed by atoms with Crippen molar-refractivity contribution in [2.75, 3.05) is 7.11 Å². The first-order valence-electron chi connectivity index (χ1n) is 8.04. The Morgan fingerprint density at radius 3 is 2.58 bits per heavy atom. The number of aromatic amines is 1. The van der Waals surface area contributed by atoms with Crippen molar-refractivity contribution in [3.05, 3.63) is 82.9 Å². The minimum absolute atomic E-state index is 0. The number of aromatic nitrogens is 3. The highest BCUT2D eigenvalue weighted by Gasteiger charge is 2.14. The Morgan fingerprint density at radius 1 is 1.00 bits per heavy atom. The lowest BCUT2D eigenvalue weighted by molar-refractivity contribution is 0.412. The van der Waals surface area contributed by atoms with Crippen molar-refractivity contribution in [1.29, 1.82) is 0 Å². The molecule has 0 fully saturated rings. The average molecular weight is 384 g/mol. The fourth-order valence-electron chi connectivity index (χ4n) is 3.13. The van der Waals surface area contributed by atoms with Crippen LogP contribution in [-0.2, 0) is 6.42 Å². The Labute approximate surface area is 162 Å². The number of hydrogen-bond donors (Lipinski definition) is 1. The van der Waals surface area contributed by atoms with Gasteiger partial charge < -0.3 is 4.74 Å². The maximum Gasteiger partial charge on any atom is 0.200 e. The van der Waals surface area contributed by atoms with E-state index >= 15 is 0 Å². The van der Waals surface area contributed by atoms with Crippen molar-refractivity contribution in [1.82, 2.24) is 14.8 Å². The van der Waals surface area contributed by atoms with Crippen molar-refractivity contribution in [3.63, 3.8) is 0 Å². The number of fused-ring (bicyclic) bond motifs is 1. The SMILES string of the molecule is COc1ccccc1-n1c(Cc2cccc3ccccc23)n[nH]c1=S.Cl. The van der Waals surface area contributed by atoms with Gasteiger partial charge in [0.05, 0.1) is 12.8 Å². The monoisotopic (exact) mass is 383 g/mol. The number of H-pyrrole nitrogens is 1. The summed E-state index contributed by atoms with van der Waals surface area (Å²) in [5.74, 6) is 1.62. The van der Waals surface area contributed by atoms with Crippen LogP contribution < -0.4 is 4.74 Å². The van der Waals surface area contributed by atoms with Crippen molar-refractivity contribution < 1.29 is 4.74 Å². The molecular weight excluding hydrogens is 366 g/mol. The average Bonchev–Trinajstić information content (AvgIpc) is 3.02. The summed E-state index contributed by atoms with van der Waals surface area (Å²) in [6, 6.07) is 22.5. The number of nitrogens with one attached hydrogen (secondary N) is 1. The minimum Gasteiger partial charge on any atom is -0.495 e. The van der Waals surface area contributed by atoms with E-state index in [1.807, 2.05) is 28.8 Å². The fourth-order valence-corrected chi connectivity index (χ4v) is 3.38. The van der Waals surface area contributed by atoms with Crippen molar-refractivity contribution in [2.45, 2.75) is 6.42 Å². The molecule has 132 valence electrons. The lowest BCUT2D eigenvalue weighted by Gasteiger charge is -2.12. The normalized spacial score (nSPS) is 10.5. The Hall–Kier alpha value is -2.63. The lowest BCUT2D eigenvalue weighted by atomic mass is 10.0. The first-order chi connectivity index (χ1) is 12.3. The molecule has 0 atom stereocenters. The molecule has 0 spiro atoms. The van der Waals surface area contributed by atoms with Crippen LogP contribution in [0, 0.1) is 4.77 Å². The smallest absolute Gasteiger partial charge is 0.200 e. The minimum atomic E-state index is 0. The van der Waals surface area contributed by atoms with Crippen LogP contribution in [0.25, 0.3) is 16.5 Å². The summed E-state index contributed by atoms with van der Waals surface area (Å²) in [7, 11) is 1.66. The van der Waals surface area contributed by atoms with Gasteiger partial charge in [0.25, 0.3) is 0 Å². The summed E-state index contributed by atoms with van der Waals surface area (Å²) in [4.78, 5) is 0. The van der Waals surface area contributed by atoms with E-state index in [2.05, 4.69) is 52.7 Å². The molecule has 6 heteroatoms. The number of hydrogen-bond acceptors (Lipinski definition) is 3. The third kappa shape index (κ3) is 3.23. The molecule has 0 saturated heterocycles. The largest absolute Gasteiger partial charge is 0.495 e. The number of ether oxygens (including phenoxy) is 1. The van der Waals surface area contributed by atoms with Gasteiger partial charge >= 0.3 is 0 Å². The molecule has 1 N–H and O–H groups in total. The molecule has 0 amide bonds. The van der Waals surface area contributed by atoms with Crippen LogP contribution in [0.3, 0.4) is 0 Å². The van der Waals surface area contributed by atoms with Crippen molar-refractivity contribution in [3.8, 4) is 11.4 Å². The Balaban J connectivity index is 0.00000196. The van der Waals surface area contributed by atoms with Crippen molar-refractivity contribution in [2.24, 2.45) is 0 Å². The number of rotatable bonds is 4. The van der Waals surface area contributed by atoms with Gasteiger partial charge in [-0.25, -0.2) is 0 Å². The van der Waals surface area contributed by atoms with Crippen LogP contribution in [0.1, 0.15) is 11.4 Å². The maximum absolute atomic E-state index is 5.49. The molecule has 0 aliphatic heterocycles. The van der Waals surface area contributed by atoms with Crippen LogP contribution in [0.5, 0.6) is 5.75 Å². The van der Waals surface area contributed by atoms with Gasteiger partial charge in [-0.15, -0.1) is 12.4 Å². The number of methoxy groups -OCH3 is 1. The molecule has 0 unspecified atom stereocenters. The predicted molar refractivity (Wildman–Crippen MR) is 109 cm³/mol. The third-order valence-corrected chi connectivity index (χ3v) is 4.57. The van der Waals surface area contributed by atoms with Crippen molar-refractivity contribution >= 4 is 35.4 Å². The predicted octanol–water partition coefficient (Wildman–Crippen LogP) is 5.10. The molecule has 3 aromatic carbocycles. The summed E-state index contributed by atoms with van der Waals surface area (Å²) in [6.45, 7) is 0. The van der Waals surface area contributed by atoms with E-state index < -0.39 is 0 Å². The molecule has 0 aliphatic rings. The molecule has 1 heterocycles. The van der Waals surface area contributed by atoms with Crippen LogP contribution in [-0.4, -0.2) is 21.9 Å². The van der Waals surface area contributed by atoms with Gasteiger partial charge in [-0.3, -0.25) is 9.67 Å². The summed E-state index contributed by atoms with van der Waals surface area (Å²) < 4.78 is 7.99. The molecule has 4 rings (SSSR count). The lowest BCUT2D eigenvalue weighted by Crippen LogP contribution is -2.04. The van der Waals surface area contributed by atoms with E-state index in [1.165, 1.54) is 16.3 Å². The fraction of sp³-hybridized carbons (Fsp3) is 0.100. The second-order valence-corrected chi connectivity index (χ2v) is 6.15. The Bertz CT molecular complexity index is 1100. The maximum atomic E-state index is 5.49. The van der Waals surface area contributed by atoms with Gasteiger partial charge in [-0.2, -0.15) is 5.10 Å². The quantitative estimate of drug-likeness (QED) is 0.498. The third-order valence-electron chi connectivity index (χ3n) is 4.30. The zero-order valence-electron chi connectivity index (χ0n) is 14.2. The molecule has 0 aliphatic carbocycles. The van der Waals surface area contributed by atoms with Crippen LogP contribution >= 0.6 is 24.6 Å². The number of para-hydroxylation sites is 2. The zero-order valence-corrected chi connectivity index (χ0v) is 15.8. The van der Waals surface area contributed by atoms with Gasteiger partial charge in [-0.1, -0.05) is 54.6 Å². The molecule has 26 heavy (non-hydrogen) atoms. The van der Waals surface area contributed by atoms with E-state index in [-0.39, 0.29) is 12.4 Å². The Kier molecular flexibility index (Phi) is 5.40. The molecule has 4 aromatic rings. The molecular formula is C20H18ClN3OS. The van der Waals surface area contributed by atoms with Crippen LogP contribution in [0.15, 0.2) is 66.7 Å². The van der Waals surface area contributed by atoms with Crippen LogP contribution in [0.2, 0.25) is 0 Å². The van der Waals surface area contributed by atoms with Gasteiger partial charge in [0.15, 0.2) is 4.77 Å². The van der Waals surface area contributed by atoms with E-state index in [0.29, 0.717) is 11.2 Å².